The third kappa shape index (κ3) is 2.26. The van der Waals surface area contributed by atoms with Crippen LogP contribution in [0.25, 0.3) is 0 Å². The Morgan fingerprint density at radius 1 is 1.67 bits per heavy atom. The predicted octanol–water partition coefficient (Wildman–Crippen LogP) is 0.450. The van der Waals surface area contributed by atoms with Gasteiger partial charge in [0.25, 0.3) is 0 Å². The lowest BCUT2D eigenvalue weighted by molar-refractivity contribution is -0.123. The lowest BCUT2D eigenvalue weighted by Gasteiger charge is -2.21. The van der Waals surface area contributed by atoms with Gasteiger partial charge in [0.15, 0.2) is 0 Å². The zero-order chi connectivity index (χ0) is 10.8. The second-order valence-corrected chi connectivity index (χ2v) is 4.22. The fourth-order valence-electron chi connectivity index (χ4n) is 2.10. The highest BCUT2D eigenvalue weighted by Crippen LogP contribution is 2.13. The number of hydrogen-bond donors (Lipinski definition) is 1. The molecule has 0 amide bonds. The van der Waals surface area contributed by atoms with Crippen molar-refractivity contribution >= 4 is 5.78 Å². The molecule has 1 fully saturated rings. The molecule has 1 aliphatic rings. The van der Waals surface area contributed by atoms with E-state index in [0.717, 1.165) is 30.9 Å². The average Bonchev–Trinajstić information content (AvgIpc) is 2.49. The summed E-state index contributed by atoms with van der Waals surface area (Å²) in [5, 5.41) is 7.55. The number of aryl methyl sites for hydroxylation is 2. The first-order chi connectivity index (χ1) is 7.16. The van der Waals surface area contributed by atoms with Gasteiger partial charge in [-0.3, -0.25) is 9.48 Å². The van der Waals surface area contributed by atoms with E-state index in [9.17, 15) is 4.79 Å². The van der Waals surface area contributed by atoms with Crippen LogP contribution in [-0.4, -0.2) is 28.7 Å². The fraction of sp³-hybridized carbons (Fsp3) is 0.636. The van der Waals surface area contributed by atoms with Crippen molar-refractivity contribution in [3.05, 3.63) is 17.5 Å². The number of hydrogen-bond acceptors (Lipinski definition) is 3. The van der Waals surface area contributed by atoms with Crippen molar-refractivity contribution in [3.63, 3.8) is 0 Å². The summed E-state index contributed by atoms with van der Waals surface area (Å²) in [6.07, 6.45) is 1.48. The lowest BCUT2D eigenvalue weighted by Crippen LogP contribution is -2.38. The van der Waals surface area contributed by atoms with Gasteiger partial charge in [-0.05, 0) is 13.0 Å². The van der Waals surface area contributed by atoms with Crippen LogP contribution >= 0.6 is 0 Å². The summed E-state index contributed by atoms with van der Waals surface area (Å²) in [4.78, 5) is 11.6. The minimum Gasteiger partial charge on any atom is -0.316 e. The molecule has 1 saturated heterocycles. The van der Waals surface area contributed by atoms with E-state index in [0.29, 0.717) is 12.2 Å². The van der Waals surface area contributed by atoms with Crippen LogP contribution in [0.1, 0.15) is 17.8 Å². The first-order valence-corrected chi connectivity index (χ1v) is 5.40. The van der Waals surface area contributed by atoms with E-state index in [1.165, 1.54) is 0 Å². The Morgan fingerprint density at radius 3 is 3.07 bits per heavy atom. The number of ketones is 1. The number of aromatic nitrogens is 2. The summed E-state index contributed by atoms with van der Waals surface area (Å²) in [5.74, 6) is 0.515. The highest BCUT2D eigenvalue weighted by Gasteiger charge is 2.23. The molecule has 82 valence electrons. The van der Waals surface area contributed by atoms with Crippen LogP contribution in [0.3, 0.4) is 0 Å². The van der Waals surface area contributed by atoms with Crippen molar-refractivity contribution in [2.24, 2.45) is 13.0 Å². The molecule has 1 aromatic heterocycles. The third-order valence-electron chi connectivity index (χ3n) is 2.95. The largest absolute Gasteiger partial charge is 0.316 e. The van der Waals surface area contributed by atoms with Gasteiger partial charge in [0.1, 0.15) is 5.78 Å². The molecule has 0 aromatic carbocycles. The molecule has 1 aromatic rings. The Bertz CT molecular complexity index is 370. The maximum absolute atomic E-state index is 11.6. The normalized spacial score (nSPS) is 22.0. The van der Waals surface area contributed by atoms with Crippen LogP contribution in [0.5, 0.6) is 0 Å². The second-order valence-electron chi connectivity index (χ2n) is 4.22. The van der Waals surface area contributed by atoms with Gasteiger partial charge in [0.2, 0.25) is 0 Å². The summed E-state index contributed by atoms with van der Waals surface area (Å²) >= 11 is 0. The molecule has 4 nitrogen and oxygen atoms in total. The molecule has 2 rings (SSSR count). The Balaban J connectivity index is 2.07. The van der Waals surface area contributed by atoms with E-state index >= 15 is 0 Å². The monoisotopic (exact) mass is 207 g/mol. The van der Waals surface area contributed by atoms with Gasteiger partial charge in [-0.25, -0.2) is 0 Å². The van der Waals surface area contributed by atoms with E-state index in [4.69, 9.17) is 0 Å². The first-order valence-electron chi connectivity index (χ1n) is 5.40. The molecule has 1 N–H and O–H groups in total. The minimum absolute atomic E-state index is 0.133. The van der Waals surface area contributed by atoms with E-state index in [-0.39, 0.29) is 5.92 Å². The summed E-state index contributed by atoms with van der Waals surface area (Å²) in [6, 6.07) is 2.06. The van der Waals surface area contributed by atoms with E-state index in [1.54, 1.807) is 0 Å². The Kier molecular flexibility index (Phi) is 2.86. The molecule has 15 heavy (non-hydrogen) atoms. The molecule has 1 atom stereocenters. The molecular weight excluding hydrogens is 190 g/mol. The van der Waals surface area contributed by atoms with Crippen molar-refractivity contribution < 1.29 is 4.79 Å². The van der Waals surface area contributed by atoms with Crippen LogP contribution in [0.15, 0.2) is 6.07 Å². The van der Waals surface area contributed by atoms with Crippen LogP contribution in [0.4, 0.5) is 0 Å². The molecule has 0 aliphatic carbocycles. The highest BCUT2D eigenvalue weighted by molar-refractivity contribution is 5.82. The summed E-state index contributed by atoms with van der Waals surface area (Å²) in [7, 11) is 1.93. The van der Waals surface area contributed by atoms with Gasteiger partial charge in [0, 0.05) is 44.6 Å². The fourth-order valence-corrected chi connectivity index (χ4v) is 2.10. The van der Waals surface area contributed by atoms with Crippen LogP contribution in [0, 0.1) is 12.8 Å². The zero-order valence-corrected chi connectivity index (χ0v) is 9.29. The summed E-state index contributed by atoms with van der Waals surface area (Å²) in [6.45, 7) is 3.62. The second kappa shape index (κ2) is 4.14. The zero-order valence-electron chi connectivity index (χ0n) is 9.29. The predicted molar refractivity (Wildman–Crippen MR) is 57.6 cm³/mol. The van der Waals surface area contributed by atoms with E-state index in [2.05, 4.69) is 16.5 Å². The van der Waals surface area contributed by atoms with Crippen molar-refractivity contribution in [2.45, 2.75) is 19.8 Å². The first kappa shape index (κ1) is 10.4. The molecule has 0 saturated carbocycles. The number of nitrogens with one attached hydrogen (secondary N) is 1. The van der Waals surface area contributed by atoms with Crippen molar-refractivity contribution in [3.8, 4) is 0 Å². The lowest BCUT2D eigenvalue weighted by atomic mass is 9.93. The molecule has 2 heterocycles. The number of nitrogens with zero attached hydrogens (tertiary/aromatic N) is 2. The Labute approximate surface area is 89.7 Å². The average molecular weight is 207 g/mol. The number of carbonyl (C=O) groups excluding carboxylic acids is 1. The third-order valence-corrected chi connectivity index (χ3v) is 2.95. The van der Waals surface area contributed by atoms with Gasteiger partial charge in [0.05, 0.1) is 5.69 Å². The van der Waals surface area contributed by atoms with Crippen molar-refractivity contribution in [1.29, 1.82) is 0 Å². The minimum atomic E-state index is 0.133. The summed E-state index contributed by atoms with van der Waals surface area (Å²) in [5.41, 5.74) is 2.17. The van der Waals surface area contributed by atoms with Gasteiger partial charge >= 0.3 is 0 Å². The topological polar surface area (TPSA) is 46.9 Å². The van der Waals surface area contributed by atoms with Crippen LogP contribution < -0.4 is 5.32 Å². The van der Waals surface area contributed by atoms with Gasteiger partial charge in [-0.1, -0.05) is 0 Å². The standard InChI is InChI=1S/C11H17N3O/c1-8-5-10(14(2)13-8)6-9-7-12-4-3-11(9)15/h5,9,12H,3-4,6-7H2,1-2H3. The Morgan fingerprint density at radius 2 is 2.47 bits per heavy atom. The maximum Gasteiger partial charge on any atom is 0.138 e. The number of carbonyl (C=O) groups is 1. The maximum atomic E-state index is 11.6. The van der Waals surface area contributed by atoms with E-state index in [1.807, 2.05) is 18.7 Å². The molecule has 4 heteroatoms. The quantitative estimate of drug-likeness (QED) is 0.766. The van der Waals surface area contributed by atoms with Crippen molar-refractivity contribution in [2.75, 3.05) is 13.1 Å². The number of rotatable bonds is 2. The Hall–Kier alpha value is -1.16. The van der Waals surface area contributed by atoms with Gasteiger partial charge < -0.3 is 5.32 Å². The molecule has 0 radical (unpaired) electrons. The summed E-state index contributed by atoms with van der Waals surface area (Å²) < 4.78 is 1.87. The number of Topliss-reactive ketones (excluding diaryl/α,β-unsaturated/α-hetero) is 1. The highest BCUT2D eigenvalue weighted by atomic mass is 16.1. The number of piperidine rings is 1. The van der Waals surface area contributed by atoms with Gasteiger partial charge in [-0.2, -0.15) is 5.10 Å². The molecular formula is C11H17N3O. The van der Waals surface area contributed by atoms with Crippen LogP contribution in [-0.2, 0) is 18.3 Å². The molecule has 0 bridgehead atoms. The van der Waals surface area contributed by atoms with Gasteiger partial charge in [-0.15, -0.1) is 0 Å². The molecule has 0 spiro atoms. The SMILES string of the molecule is Cc1cc(CC2CNCCC2=O)n(C)n1. The smallest absolute Gasteiger partial charge is 0.138 e. The van der Waals surface area contributed by atoms with Crippen molar-refractivity contribution in [1.82, 2.24) is 15.1 Å². The van der Waals surface area contributed by atoms with E-state index < -0.39 is 0 Å². The van der Waals surface area contributed by atoms with Crippen LogP contribution in [0.2, 0.25) is 0 Å². The molecule has 1 unspecified atom stereocenters. The molecule has 1 aliphatic heterocycles.